The summed E-state index contributed by atoms with van der Waals surface area (Å²) in [6.45, 7) is 1.58. The van der Waals surface area contributed by atoms with Gasteiger partial charge in [-0.25, -0.2) is 4.90 Å². The number of para-hydroxylation sites is 1. The van der Waals surface area contributed by atoms with Crippen molar-refractivity contribution in [3.05, 3.63) is 41.5 Å². The highest BCUT2D eigenvalue weighted by Crippen LogP contribution is 2.25. The molecule has 4 heteroatoms. The highest BCUT2D eigenvalue weighted by Gasteiger charge is 2.31. The third-order valence-electron chi connectivity index (χ3n) is 2.37. The molecule has 1 heterocycles. The van der Waals surface area contributed by atoms with E-state index in [1.807, 2.05) is 6.07 Å². The molecule has 2 amide bonds. The van der Waals surface area contributed by atoms with Gasteiger partial charge < -0.3 is 0 Å². The zero-order valence-electron chi connectivity index (χ0n) is 8.60. The zero-order chi connectivity index (χ0) is 11.7. The summed E-state index contributed by atoms with van der Waals surface area (Å²) in [5.41, 5.74) is 1.04. The van der Waals surface area contributed by atoms with Gasteiger partial charge in [0.05, 0.1) is 11.3 Å². The van der Waals surface area contributed by atoms with Gasteiger partial charge in [0.2, 0.25) is 0 Å². The first kappa shape index (κ1) is 10.1. The number of nitriles is 1. The summed E-state index contributed by atoms with van der Waals surface area (Å²) >= 11 is 0. The monoisotopic (exact) mass is 212 g/mol. The minimum absolute atomic E-state index is 0.312. The van der Waals surface area contributed by atoms with Crippen LogP contribution in [0.4, 0.5) is 5.69 Å². The second kappa shape index (κ2) is 3.63. The van der Waals surface area contributed by atoms with Crippen molar-refractivity contribution in [1.82, 2.24) is 0 Å². The normalized spacial score (nSPS) is 15.0. The summed E-state index contributed by atoms with van der Waals surface area (Å²) in [6, 6.07) is 8.49. The number of imide groups is 1. The molecule has 78 valence electrons. The van der Waals surface area contributed by atoms with Gasteiger partial charge in [0.1, 0.15) is 6.07 Å². The molecule has 1 aliphatic heterocycles. The van der Waals surface area contributed by atoms with Gasteiger partial charge >= 0.3 is 0 Å². The molecule has 16 heavy (non-hydrogen) atoms. The average Bonchev–Trinajstić information content (AvgIpc) is 2.53. The Morgan fingerprint density at radius 2 is 1.94 bits per heavy atom. The molecule has 0 atom stereocenters. The Hall–Kier alpha value is -2.41. The number of anilines is 1. The molecule has 0 N–H and O–H groups in total. The molecule has 1 aromatic rings. The smallest absolute Gasteiger partial charge is 0.261 e. The van der Waals surface area contributed by atoms with E-state index >= 15 is 0 Å². The maximum Gasteiger partial charge on any atom is 0.261 e. The number of benzene rings is 1. The molecule has 0 saturated carbocycles. The molecular weight excluding hydrogens is 204 g/mol. The lowest BCUT2D eigenvalue weighted by Gasteiger charge is -2.15. The molecule has 4 nitrogen and oxygen atoms in total. The fourth-order valence-corrected chi connectivity index (χ4v) is 1.58. The molecule has 0 spiro atoms. The summed E-state index contributed by atoms with van der Waals surface area (Å²) in [5.74, 6) is -0.766. The van der Waals surface area contributed by atoms with Gasteiger partial charge in [-0.15, -0.1) is 0 Å². The Bertz CT molecular complexity index is 552. The van der Waals surface area contributed by atoms with Crippen LogP contribution in [0.15, 0.2) is 35.9 Å². The standard InChI is InChI=1S/C12H8N2O2/c1-8-6-11(15)14(12(8)16)10-5-3-2-4-9(10)7-13/h2-6H,1H3. The van der Waals surface area contributed by atoms with Crippen LogP contribution < -0.4 is 4.90 Å². The van der Waals surface area contributed by atoms with Gasteiger partial charge in [0.15, 0.2) is 0 Å². The van der Waals surface area contributed by atoms with Gasteiger partial charge in [-0.05, 0) is 19.1 Å². The molecule has 0 fully saturated rings. The molecular formula is C12H8N2O2. The fraction of sp³-hybridized carbons (Fsp3) is 0.0833. The van der Waals surface area contributed by atoms with Crippen molar-refractivity contribution in [1.29, 1.82) is 5.26 Å². The number of carbonyl (C=O) groups is 2. The zero-order valence-corrected chi connectivity index (χ0v) is 8.60. The van der Waals surface area contributed by atoms with Gasteiger partial charge in [-0.1, -0.05) is 12.1 Å². The Kier molecular flexibility index (Phi) is 2.29. The maximum absolute atomic E-state index is 11.7. The van der Waals surface area contributed by atoms with Crippen LogP contribution in [0, 0.1) is 11.3 Å². The van der Waals surface area contributed by atoms with Crippen molar-refractivity contribution >= 4 is 17.5 Å². The van der Waals surface area contributed by atoms with E-state index in [-0.39, 0.29) is 5.91 Å². The molecule has 1 aliphatic rings. The van der Waals surface area contributed by atoms with Gasteiger partial charge in [0.25, 0.3) is 11.8 Å². The maximum atomic E-state index is 11.7. The third-order valence-corrected chi connectivity index (χ3v) is 2.37. The minimum Gasteiger partial charge on any atom is -0.269 e. The second-order valence-electron chi connectivity index (χ2n) is 3.44. The number of hydrogen-bond donors (Lipinski definition) is 0. The SMILES string of the molecule is CC1=CC(=O)N(c2ccccc2C#N)C1=O. The summed E-state index contributed by atoms with van der Waals surface area (Å²) in [4.78, 5) is 24.3. The van der Waals surface area contributed by atoms with E-state index in [1.165, 1.54) is 6.08 Å². The van der Waals surface area contributed by atoms with Crippen molar-refractivity contribution < 1.29 is 9.59 Å². The van der Waals surface area contributed by atoms with Crippen molar-refractivity contribution in [2.24, 2.45) is 0 Å². The highest BCUT2D eigenvalue weighted by atomic mass is 16.2. The van der Waals surface area contributed by atoms with E-state index in [1.54, 1.807) is 31.2 Å². The summed E-state index contributed by atoms with van der Waals surface area (Å²) < 4.78 is 0. The first-order valence-corrected chi connectivity index (χ1v) is 4.71. The quantitative estimate of drug-likeness (QED) is 0.660. The number of carbonyl (C=O) groups excluding carboxylic acids is 2. The lowest BCUT2D eigenvalue weighted by molar-refractivity contribution is -0.120. The Morgan fingerprint density at radius 1 is 1.25 bits per heavy atom. The predicted molar refractivity (Wildman–Crippen MR) is 57.4 cm³/mol. The highest BCUT2D eigenvalue weighted by molar-refractivity contribution is 6.30. The van der Waals surface area contributed by atoms with E-state index < -0.39 is 5.91 Å². The van der Waals surface area contributed by atoms with Crippen molar-refractivity contribution in [2.45, 2.75) is 6.92 Å². The Morgan fingerprint density at radius 3 is 2.50 bits per heavy atom. The Balaban J connectivity index is 2.52. The van der Waals surface area contributed by atoms with E-state index in [2.05, 4.69) is 0 Å². The summed E-state index contributed by atoms with van der Waals surface area (Å²) in [6.07, 6.45) is 1.27. The van der Waals surface area contributed by atoms with Crippen molar-refractivity contribution in [2.75, 3.05) is 4.90 Å². The summed E-state index contributed by atoms with van der Waals surface area (Å²) in [7, 11) is 0. The lowest BCUT2D eigenvalue weighted by atomic mass is 10.2. The first-order valence-electron chi connectivity index (χ1n) is 4.71. The Labute approximate surface area is 92.4 Å². The van der Waals surface area contributed by atoms with Gasteiger partial charge in [-0.3, -0.25) is 9.59 Å². The molecule has 0 aromatic heterocycles. The van der Waals surface area contributed by atoms with Gasteiger partial charge in [0, 0.05) is 11.6 Å². The second-order valence-corrected chi connectivity index (χ2v) is 3.44. The van der Waals surface area contributed by atoms with Crippen LogP contribution in [0.2, 0.25) is 0 Å². The van der Waals surface area contributed by atoms with Gasteiger partial charge in [-0.2, -0.15) is 5.26 Å². The van der Waals surface area contributed by atoms with E-state index in [0.717, 1.165) is 4.90 Å². The van der Waals surface area contributed by atoms with E-state index in [4.69, 9.17) is 5.26 Å². The average molecular weight is 212 g/mol. The van der Waals surface area contributed by atoms with E-state index in [0.29, 0.717) is 16.8 Å². The number of rotatable bonds is 1. The van der Waals surface area contributed by atoms with Crippen LogP contribution in [0.5, 0.6) is 0 Å². The van der Waals surface area contributed by atoms with Crippen molar-refractivity contribution in [3.63, 3.8) is 0 Å². The topological polar surface area (TPSA) is 61.2 Å². The number of hydrogen-bond acceptors (Lipinski definition) is 3. The third kappa shape index (κ3) is 1.39. The molecule has 1 aromatic carbocycles. The lowest BCUT2D eigenvalue weighted by Crippen LogP contribution is -2.31. The first-order chi connectivity index (χ1) is 7.65. The number of nitrogens with zero attached hydrogens (tertiary/aromatic N) is 2. The molecule has 0 saturated heterocycles. The van der Waals surface area contributed by atoms with Crippen LogP contribution in [-0.2, 0) is 9.59 Å². The van der Waals surface area contributed by atoms with E-state index in [9.17, 15) is 9.59 Å². The predicted octanol–water partition coefficient (Wildman–Crippen LogP) is 1.38. The van der Waals surface area contributed by atoms with Crippen LogP contribution in [0.25, 0.3) is 0 Å². The molecule has 0 radical (unpaired) electrons. The van der Waals surface area contributed by atoms with Crippen LogP contribution in [0.3, 0.4) is 0 Å². The number of amides is 2. The fourth-order valence-electron chi connectivity index (χ4n) is 1.58. The van der Waals surface area contributed by atoms with Crippen molar-refractivity contribution in [3.8, 4) is 6.07 Å². The molecule has 0 unspecified atom stereocenters. The van der Waals surface area contributed by atoms with Crippen LogP contribution >= 0.6 is 0 Å². The largest absolute Gasteiger partial charge is 0.269 e. The summed E-state index contributed by atoms with van der Waals surface area (Å²) in [5, 5.41) is 8.90. The minimum atomic E-state index is -0.398. The molecule has 0 aliphatic carbocycles. The van der Waals surface area contributed by atoms with Crippen LogP contribution in [-0.4, -0.2) is 11.8 Å². The molecule has 0 bridgehead atoms. The van der Waals surface area contributed by atoms with Crippen LogP contribution in [0.1, 0.15) is 12.5 Å². The molecule has 2 rings (SSSR count).